The van der Waals surface area contributed by atoms with Gasteiger partial charge in [0.15, 0.2) is 0 Å². The van der Waals surface area contributed by atoms with Gasteiger partial charge >= 0.3 is 0 Å². The maximum absolute atomic E-state index is 12.4. The van der Waals surface area contributed by atoms with Crippen LogP contribution >= 0.6 is 0 Å². The first-order chi connectivity index (χ1) is 17.9. The number of hydrogen-bond acceptors (Lipinski definition) is 3. The number of amides is 3. The molecule has 0 aliphatic heterocycles. The summed E-state index contributed by atoms with van der Waals surface area (Å²) in [5.41, 5.74) is 3.92. The Balaban J connectivity index is 0.000000233. The minimum absolute atomic E-state index is 0.0182. The first kappa shape index (κ1) is 27.1. The van der Waals surface area contributed by atoms with Gasteiger partial charge in [-0.1, -0.05) is 78.4 Å². The fraction of sp³-hybridized carbons (Fsp3) is 0.194. The van der Waals surface area contributed by atoms with E-state index in [2.05, 4.69) is 53.2 Å². The first-order valence-electron chi connectivity index (χ1n) is 12.3. The van der Waals surface area contributed by atoms with E-state index < -0.39 is 6.04 Å². The third-order valence-electron chi connectivity index (χ3n) is 5.80. The third kappa shape index (κ3) is 8.61. The summed E-state index contributed by atoms with van der Waals surface area (Å²) in [6, 6.07) is 31.0. The Morgan fingerprint density at radius 1 is 0.811 bits per heavy atom. The summed E-state index contributed by atoms with van der Waals surface area (Å²) in [6.07, 6.45) is 1.34. The van der Waals surface area contributed by atoms with E-state index in [0.29, 0.717) is 12.0 Å². The average molecular weight is 496 g/mol. The van der Waals surface area contributed by atoms with E-state index >= 15 is 0 Å². The molecular weight excluding hydrogens is 462 g/mol. The highest BCUT2D eigenvalue weighted by Gasteiger charge is 2.11. The number of benzene rings is 4. The van der Waals surface area contributed by atoms with Crippen LogP contribution in [0.15, 0.2) is 97.1 Å². The molecule has 6 nitrogen and oxygen atoms in total. The van der Waals surface area contributed by atoms with Gasteiger partial charge in [0.25, 0.3) is 5.91 Å². The second kappa shape index (κ2) is 13.6. The number of nitrogens with one attached hydrogen (secondary N) is 3. The van der Waals surface area contributed by atoms with Gasteiger partial charge in [-0.05, 0) is 67.8 Å². The van der Waals surface area contributed by atoms with E-state index in [0.717, 1.165) is 22.9 Å². The molecule has 0 aliphatic carbocycles. The highest BCUT2D eigenvalue weighted by molar-refractivity contribution is 5.98. The Morgan fingerprint density at radius 3 is 2.14 bits per heavy atom. The molecule has 6 heteroatoms. The van der Waals surface area contributed by atoms with Crippen molar-refractivity contribution in [2.75, 3.05) is 5.32 Å². The van der Waals surface area contributed by atoms with Gasteiger partial charge in [0.05, 0.1) is 0 Å². The molecule has 190 valence electrons. The molecule has 0 saturated heterocycles. The van der Waals surface area contributed by atoms with E-state index in [1.165, 1.54) is 11.1 Å². The van der Waals surface area contributed by atoms with Crippen molar-refractivity contribution in [3.05, 3.63) is 114 Å². The molecule has 0 aliphatic rings. The lowest BCUT2D eigenvalue weighted by Gasteiger charge is -2.14. The number of carbonyl (C=O) groups excluding carboxylic acids is 3. The number of carbonyl (C=O) groups is 3. The Kier molecular flexibility index (Phi) is 9.97. The van der Waals surface area contributed by atoms with Crippen molar-refractivity contribution < 1.29 is 14.4 Å². The summed E-state index contributed by atoms with van der Waals surface area (Å²) in [7, 11) is 0. The number of rotatable bonds is 8. The zero-order chi connectivity index (χ0) is 26.6. The van der Waals surface area contributed by atoms with Crippen molar-refractivity contribution in [1.82, 2.24) is 10.6 Å². The van der Waals surface area contributed by atoms with Crippen molar-refractivity contribution in [3.8, 4) is 0 Å². The van der Waals surface area contributed by atoms with Gasteiger partial charge in [-0.25, -0.2) is 0 Å². The Labute approximate surface area is 218 Å². The summed E-state index contributed by atoms with van der Waals surface area (Å²) in [5.74, 6) is -0.251. The van der Waals surface area contributed by atoms with Gasteiger partial charge in [0.1, 0.15) is 6.04 Å². The summed E-state index contributed by atoms with van der Waals surface area (Å²) in [6.45, 7) is 5.74. The number of para-hydroxylation sites is 1. The van der Waals surface area contributed by atoms with Crippen molar-refractivity contribution in [2.45, 2.75) is 39.3 Å². The lowest BCUT2D eigenvalue weighted by molar-refractivity contribution is -0.120. The van der Waals surface area contributed by atoms with Crippen LogP contribution in [0.1, 0.15) is 35.3 Å². The lowest BCUT2D eigenvalue weighted by atomic mass is 10.0. The number of aryl methyl sites for hydroxylation is 1. The molecule has 0 spiro atoms. The van der Waals surface area contributed by atoms with Crippen LogP contribution in [0.3, 0.4) is 0 Å². The van der Waals surface area contributed by atoms with Crippen molar-refractivity contribution in [2.24, 2.45) is 0 Å². The summed E-state index contributed by atoms with van der Waals surface area (Å²) < 4.78 is 0. The normalized spacial score (nSPS) is 11.9. The molecule has 3 amide bonds. The van der Waals surface area contributed by atoms with Crippen molar-refractivity contribution in [1.29, 1.82) is 0 Å². The van der Waals surface area contributed by atoms with Crippen LogP contribution in [0.5, 0.6) is 0 Å². The number of anilines is 1. The molecular formula is C31H33N3O3. The standard InChI is InChI=1S/C21H21NO.C10H12N2O2/c1-15-7-9-17(10-8-15)13-16(2)22-21(23)20-12-11-18-5-3-4-6-19(18)14-20;1-8(11-7-13)10(14)12-9-5-3-2-4-6-9/h3-12,14,16H,13H2,1-2H3,(H,22,23);2-8H,1H3,(H,11,13)(H,12,14)/t16-;8-/m10/s1. The van der Waals surface area contributed by atoms with Crippen LogP contribution in [0, 0.1) is 6.92 Å². The van der Waals surface area contributed by atoms with Crippen LogP contribution in [-0.2, 0) is 16.0 Å². The van der Waals surface area contributed by atoms with E-state index in [-0.39, 0.29) is 17.9 Å². The summed E-state index contributed by atoms with van der Waals surface area (Å²) >= 11 is 0. The van der Waals surface area contributed by atoms with Gasteiger partial charge in [-0.3, -0.25) is 14.4 Å². The molecule has 4 aromatic rings. The zero-order valence-electron chi connectivity index (χ0n) is 21.4. The Morgan fingerprint density at radius 2 is 1.46 bits per heavy atom. The minimum atomic E-state index is -0.521. The molecule has 0 radical (unpaired) electrons. The van der Waals surface area contributed by atoms with Gasteiger partial charge < -0.3 is 16.0 Å². The SMILES string of the molecule is C[C@H](NC=O)C(=O)Nc1ccccc1.Cc1ccc(C[C@@H](C)NC(=O)c2ccc3ccccc3c2)cc1. The molecule has 0 bridgehead atoms. The number of hydrogen-bond donors (Lipinski definition) is 3. The molecule has 37 heavy (non-hydrogen) atoms. The van der Waals surface area contributed by atoms with E-state index in [9.17, 15) is 14.4 Å². The monoisotopic (exact) mass is 495 g/mol. The maximum Gasteiger partial charge on any atom is 0.251 e. The zero-order valence-corrected chi connectivity index (χ0v) is 21.4. The van der Waals surface area contributed by atoms with Crippen LogP contribution in [0.4, 0.5) is 5.69 Å². The quantitative estimate of drug-likeness (QED) is 0.291. The average Bonchev–Trinajstić information content (AvgIpc) is 2.90. The highest BCUT2D eigenvalue weighted by Crippen LogP contribution is 2.16. The molecule has 0 aromatic heterocycles. The fourth-order valence-electron chi connectivity index (χ4n) is 3.72. The molecule has 0 saturated carbocycles. The largest absolute Gasteiger partial charge is 0.349 e. The van der Waals surface area contributed by atoms with Crippen LogP contribution in [0.25, 0.3) is 10.8 Å². The minimum Gasteiger partial charge on any atom is -0.349 e. The predicted octanol–water partition coefficient (Wildman–Crippen LogP) is 5.27. The summed E-state index contributed by atoms with van der Waals surface area (Å²) in [5, 5.41) is 10.4. The molecule has 0 unspecified atom stereocenters. The second-order valence-electron chi connectivity index (χ2n) is 8.99. The van der Waals surface area contributed by atoms with Crippen LogP contribution in [-0.4, -0.2) is 30.3 Å². The first-order valence-corrected chi connectivity index (χ1v) is 12.3. The topological polar surface area (TPSA) is 87.3 Å². The molecule has 2 atom stereocenters. The van der Waals surface area contributed by atoms with Crippen LogP contribution in [0.2, 0.25) is 0 Å². The Bertz CT molecular complexity index is 1320. The van der Waals surface area contributed by atoms with E-state index in [1.54, 1.807) is 19.1 Å². The van der Waals surface area contributed by atoms with Crippen LogP contribution < -0.4 is 16.0 Å². The maximum atomic E-state index is 12.4. The third-order valence-corrected chi connectivity index (χ3v) is 5.80. The van der Waals surface area contributed by atoms with Gasteiger partial charge in [0, 0.05) is 17.3 Å². The Hall–Kier alpha value is -4.45. The van der Waals surface area contributed by atoms with E-state index in [1.807, 2.05) is 61.5 Å². The van der Waals surface area contributed by atoms with Gasteiger partial charge in [-0.15, -0.1) is 0 Å². The van der Waals surface area contributed by atoms with Gasteiger partial charge in [0.2, 0.25) is 12.3 Å². The molecule has 4 rings (SSSR count). The highest BCUT2D eigenvalue weighted by atomic mass is 16.2. The lowest BCUT2D eigenvalue weighted by Crippen LogP contribution is -2.37. The second-order valence-corrected chi connectivity index (χ2v) is 8.99. The van der Waals surface area contributed by atoms with E-state index in [4.69, 9.17) is 0 Å². The van der Waals surface area contributed by atoms with Crippen molar-refractivity contribution >= 4 is 34.7 Å². The fourth-order valence-corrected chi connectivity index (χ4v) is 3.72. The van der Waals surface area contributed by atoms with Gasteiger partial charge in [-0.2, -0.15) is 0 Å². The predicted molar refractivity (Wildman–Crippen MR) is 149 cm³/mol. The summed E-state index contributed by atoms with van der Waals surface area (Å²) in [4.78, 5) is 33.9. The van der Waals surface area contributed by atoms with Crippen molar-refractivity contribution in [3.63, 3.8) is 0 Å². The molecule has 0 heterocycles. The molecule has 0 fully saturated rings. The number of fused-ring (bicyclic) bond motifs is 1. The molecule has 3 N–H and O–H groups in total. The smallest absolute Gasteiger partial charge is 0.251 e. The molecule has 4 aromatic carbocycles.